The third-order valence-corrected chi connectivity index (χ3v) is 4.39. The topological polar surface area (TPSA) is 49.2 Å². The molecule has 0 aliphatic heterocycles. The van der Waals surface area contributed by atoms with Crippen LogP contribution in [0.3, 0.4) is 0 Å². The molecular formula is C22H21N3O2. The largest absolute Gasteiger partial charge is 0.493 e. The molecule has 0 radical (unpaired) electrons. The number of ether oxygens (including phenoxy) is 2. The van der Waals surface area contributed by atoms with Crippen molar-refractivity contribution in [3.8, 4) is 22.6 Å². The standard InChI is InChI=1S/C22H21N3O2/c1-26-12-5-13-27-19-8-9-21-20(10-11-23-22(21)14-19)17-15-24-25(16-17)18-6-3-2-4-7-18/h2-4,6-11,14-16H,5,12-13H2,1H3. The molecule has 4 rings (SSSR count). The third-order valence-electron chi connectivity index (χ3n) is 4.39. The lowest BCUT2D eigenvalue weighted by Crippen LogP contribution is -2.01. The molecule has 5 nitrogen and oxygen atoms in total. The molecule has 0 saturated carbocycles. The van der Waals surface area contributed by atoms with Crippen molar-refractivity contribution in [2.24, 2.45) is 0 Å². The Kier molecular flexibility index (Phi) is 5.12. The van der Waals surface area contributed by atoms with Crippen LogP contribution in [0.15, 0.2) is 73.2 Å². The SMILES string of the molecule is COCCCOc1ccc2c(-c3cnn(-c4ccccc4)c3)ccnc2c1. The minimum Gasteiger partial charge on any atom is -0.493 e. The van der Waals surface area contributed by atoms with Crippen LogP contribution in [0.1, 0.15) is 6.42 Å². The van der Waals surface area contributed by atoms with E-state index in [0.29, 0.717) is 13.2 Å². The lowest BCUT2D eigenvalue weighted by Gasteiger charge is -2.08. The van der Waals surface area contributed by atoms with Crippen molar-refractivity contribution in [3.63, 3.8) is 0 Å². The fraction of sp³-hybridized carbons (Fsp3) is 0.182. The lowest BCUT2D eigenvalue weighted by molar-refractivity contribution is 0.172. The first kappa shape index (κ1) is 17.2. The van der Waals surface area contributed by atoms with E-state index in [2.05, 4.69) is 16.1 Å². The molecule has 0 aliphatic rings. The molecule has 0 amide bonds. The van der Waals surface area contributed by atoms with Crippen LogP contribution in [-0.2, 0) is 4.74 Å². The second-order valence-electron chi connectivity index (χ2n) is 6.24. The molecule has 136 valence electrons. The monoisotopic (exact) mass is 359 g/mol. The van der Waals surface area contributed by atoms with Gasteiger partial charge in [0.2, 0.25) is 0 Å². The van der Waals surface area contributed by atoms with Crippen LogP contribution in [-0.4, -0.2) is 35.1 Å². The molecule has 0 spiro atoms. The Labute approximate surface area is 158 Å². The normalized spacial score (nSPS) is 11.0. The zero-order chi connectivity index (χ0) is 18.5. The number of para-hydroxylation sites is 1. The summed E-state index contributed by atoms with van der Waals surface area (Å²) in [4.78, 5) is 4.51. The number of nitrogens with zero attached hydrogens (tertiary/aromatic N) is 3. The van der Waals surface area contributed by atoms with Gasteiger partial charge in [0.25, 0.3) is 0 Å². The van der Waals surface area contributed by atoms with Gasteiger partial charge < -0.3 is 9.47 Å². The molecule has 2 heterocycles. The van der Waals surface area contributed by atoms with Gasteiger partial charge in [0.05, 0.1) is 24.0 Å². The van der Waals surface area contributed by atoms with Crippen LogP contribution in [0.2, 0.25) is 0 Å². The molecule has 0 aliphatic carbocycles. The van der Waals surface area contributed by atoms with Crippen LogP contribution >= 0.6 is 0 Å². The second-order valence-corrected chi connectivity index (χ2v) is 6.24. The molecule has 0 fully saturated rings. The quantitative estimate of drug-likeness (QED) is 0.456. The molecule has 0 atom stereocenters. The average molecular weight is 359 g/mol. The Balaban J connectivity index is 1.62. The van der Waals surface area contributed by atoms with E-state index in [0.717, 1.165) is 39.9 Å². The molecule has 0 unspecified atom stereocenters. The van der Waals surface area contributed by atoms with E-state index in [1.807, 2.05) is 71.8 Å². The van der Waals surface area contributed by atoms with Crippen molar-refractivity contribution in [2.75, 3.05) is 20.3 Å². The van der Waals surface area contributed by atoms with Gasteiger partial charge in [-0.2, -0.15) is 5.10 Å². The summed E-state index contributed by atoms with van der Waals surface area (Å²) in [6.45, 7) is 1.32. The number of pyridine rings is 1. The molecule has 0 N–H and O–H groups in total. The van der Waals surface area contributed by atoms with Crippen molar-refractivity contribution in [1.29, 1.82) is 0 Å². The summed E-state index contributed by atoms with van der Waals surface area (Å²) < 4.78 is 12.7. The van der Waals surface area contributed by atoms with Gasteiger partial charge in [-0.15, -0.1) is 0 Å². The highest BCUT2D eigenvalue weighted by Gasteiger charge is 2.09. The maximum Gasteiger partial charge on any atom is 0.121 e. The van der Waals surface area contributed by atoms with E-state index < -0.39 is 0 Å². The number of aromatic nitrogens is 3. The van der Waals surface area contributed by atoms with Crippen molar-refractivity contribution in [1.82, 2.24) is 14.8 Å². The van der Waals surface area contributed by atoms with Crippen molar-refractivity contribution in [3.05, 3.63) is 73.2 Å². The highest BCUT2D eigenvalue weighted by Crippen LogP contribution is 2.30. The van der Waals surface area contributed by atoms with Crippen molar-refractivity contribution in [2.45, 2.75) is 6.42 Å². The first-order valence-corrected chi connectivity index (χ1v) is 8.96. The first-order chi connectivity index (χ1) is 13.3. The first-order valence-electron chi connectivity index (χ1n) is 8.96. The zero-order valence-electron chi connectivity index (χ0n) is 15.2. The number of benzene rings is 2. The molecule has 2 aromatic carbocycles. The van der Waals surface area contributed by atoms with Gasteiger partial charge in [0.1, 0.15) is 5.75 Å². The Morgan fingerprint density at radius 1 is 1.00 bits per heavy atom. The number of fused-ring (bicyclic) bond motifs is 1. The van der Waals surface area contributed by atoms with Gasteiger partial charge in [0, 0.05) is 49.5 Å². The maximum atomic E-state index is 5.79. The van der Waals surface area contributed by atoms with Crippen LogP contribution in [0.4, 0.5) is 0 Å². The van der Waals surface area contributed by atoms with E-state index in [4.69, 9.17) is 9.47 Å². The Morgan fingerprint density at radius 2 is 1.89 bits per heavy atom. The number of hydrogen-bond acceptors (Lipinski definition) is 4. The van der Waals surface area contributed by atoms with E-state index in [1.165, 1.54) is 0 Å². The summed E-state index contributed by atoms with van der Waals surface area (Å²) in [6, 6.07) is 18.1. The minimum absolute atomic E-state index is 0.628. The van der Waals surface area contributed by atoms with Crippen LogP contribution in [0.5, 0.6) is 5.75 Å². The smallest absolute Gasteiger partial charge is 0.121 e. The number of rotatable bonds is 7. The molecule has 2 aromatic heterocycles. The maximum absolute atomic E-state index is 5.79. The molecule has 27 heavy (non-hydrogen) atoms. The highest BCUT2D eigenvalue weighted by molar-refractivity contribution is 5.94. The Bertz CT molecular complexity index is 1030. The fourth-order valence-corrected chi connectivity index (χ4v) is 3.05. The zero-order valence-corrected chi connectivity index (χ0v) is 15.2. The fourth-order valence-electron chi connectivity index (χ4n) is 3.05. The lowest BCUT2D eigenvalue weighted by atomic mass is 10.0. The third kappa shape index (κ3) is 3.83. The predicted molar refractivity (Wildman–Crippen MR) is 106 cm³/mol. The van der Waals surface area contributed by atoms with Crippen LogP contribution in [0.25, 0.3) is 27.7 Å². The molecule has 0 saturated heterocycles. The summed E-state index contributed by atoms with van der Waals surface area (Å²) in [6.07, 6.45) is 6.61. The minimum atomic E-state index is 0.628. The van der Waals surface area contributed by atoms with Crippen molar-refractivity contribution >= 4 is 10.9 Å². The Morgan fingerprint density at radius 3 is 2.74 bits per heavy atom. The van der Waals surface area contributed by atoms with Crippen LogP contribution in [0, 0.1) is 0 Å². The number of hydrogen-bond donors (Lipinski definition) is 0. The van der Waals surface area contributed by atoms with E-state index >= 15 is 0 Å². The van der Waals surface area contributed by atoms with Gasteiger partial charge in [0.15, 0.2) is 0 Å². The predicted octanol–water partition coefficient (Wildman–Crippen LogP) is 4.50. The second kappa shape index (κ2) is 8.01. The summed E-state index contributed by atoms with van der Waals surface area (Å²) >= 11 is 0. The van der Waals surface area contributed by atoms with Gasteiger partial charge in [-0.3, -0.25) is 4.98 Å². The summed E-state index contributed by atoms with van der Waals surface area (Å²) in [7, 11) is 1.70. The Hall–Kier alpha value is -3.18. The molecular weight excluding hydrogens is 338 g/mol. The molecule has 5 heteroatoms. The molecule has 4 aromatic rings. The van der Waals surface area contributed by atoms with Crippen molar-refractivity contribution < 1.29 is 9.47 Å². The van der Waals surface area contributed by atoms with Crippen LogP contribution < -0.4 is 4.74 Å². The highest BCUT2D eigenvalue weighted by atomic mass is 16.5. The van der Waals surface area contributed by atoms with E-state index in [9.17, 15) is 0 Å². The summed E-state index contributed by atoms with van der Waals surface area (Å²) in [5.74, 6) is 0.822. The van der Waals surface area contributed by atoms with Gasteiger partial charge >= 0.3 is 0 Å². The van der Waals surface area contributed by atoms with Gasteiger partial charge in [-0.1, -0.05) is 18.2 Å². The average Bonchev–Trinajstić information content (AvgIpc) is 3.21. The van der Waals surface area contributed by atoms with E-state index in [-0.39, 0.29) is 0 Å². The van der Waals surface area contributed by atoms with Gasteiger partial charge in [-0.05, 0) is 35.9 Å². The number of methoxy groups -OCH3 is 1. The summed E-state index contributed by atoms with van der Waals surface area (Å²) in [5, 5.41) is 5.58. The van der Waals surface area contributed by atoms with E-state index in [1.54, 1.807) is 7.11 Å². The van der Waals surface area contributed by atoms with Gasteiger partial charge in [-0.25, -0.2) is 4.68 Å². The molecule has 0 bridgehead atoms. The summed E-state index contributed by atoms with van der Waals surface area (Å²) in [5.41, 5.74) is 4.10.